The van der Waals surface area contributed by atoms with E-state index < -0.39 is 6.61 Å². The highest BCUT2D eigenvalue weighted by atomic mass is 19.3. The minimum Gasteiger partial charge on any atom is -0.435 e. The average molecular weight is 297 g/mol. The van der Waals surface area contributed by atoms with Gasteiger partial charge in [-0.2, -0.15) is 8.78 Å². The van der Waals surface area contributed by atoms with E-state index in [0.29, 0.717) is 17.4 Å². The lowest BCUT2D eigenvalue weighted by Gasteiger charge is -2.24. The first-order chi connectivity index (χ1) is 9.77. The van der Waals surface area contributed by atoms with Gasteiger partial charge in [-0.15, -0.1) is 0 Å². The van der Waals surface area contributed by atoms with Crippen LogP contribution in [0.15, 0.2) is 24.3 Å². The van der Waals surface area contributed by atoms with Gasteiger partial charge in [0.25, 0.3) is 0 Å². The van der Waals surface area contributed by atoms with E-state index in [4.69, 9.17) is 0 Å². The molecule has 2 rings (SSSR count). The Labute approximate surface area is 125 Å². The van der Waals surface area contributed by atoms with Crippen LogP contribution in [0.1, 0.15) is 52.1 Å². The van der Waals surface area contributed by atoms with Crippen molar-refractivity contribution in [2.45, 2.75) is 59.2 Å². The van der Waals surface area contributed by atoms with E-state index in [2.05, 4.69) is 37.7 Å². The molecule has 3 atom stereocenters. The Morgan fingerprint density at radius 1 is 1.29 bits per heavy atom. The zero-order valence-corrected chi connectivity index (χ0v) is 13.2. The van der Waals surface area contributed by atoms with Gasteiger partial charge in [-0.05, 0) is 48.8 Å². The van der Waals surface area contributed by atoms with Crippen LogP contribution >= 0.6 is 0 Å². The standard InChI is InChI=1S/C17H25F2NO/c1-11-9-17(3,4)10-15(11)20-12(2)13-6-5-7-14(8-13)21-16(18)19/h5-8,11-12,15-16,20H,9-10H2,1-4H3. The van der Waals surface area contributed by atoms with Gasteiger partial charge < -0.3 is 10.1 Å². The van der Waals surface area contributed by atoms with Gasteiger partial charge in [-0.1, -0.05) is 32.9 Å². The molecule has 0 saturated heterocycles. The smallest absolute Gasteiger partial charge is 0.387 e. The Kier molecular flexibility index (Phi) is 4.87. The minimum atomic E-state index is -2.78. The predicted octanol–water partition coefficient (Wildman–Crippen LogP) is 4.76. The summed E-state index contributed by atoms with van der Waals surface area (Å²) in [5.74, 6) is 0.846. The molecular formula is C17H25F2NO. The maximum absolute atomic E-state index is 12.3. The lowest BCUT2D eigenvalue weighted by atomic mass is 9.91. The number of hydrogen-bond acceptors (Lipinski definition) is 2. The van der Waals surface area contributed by atoms with E-state index in [9.17, 15) is 8.78 Å². The van der Waals surface area contributed by atoms with Crippen molar-refractivity contribution in [3.8, 4) is 5.75 Å². The SMILES string of the molecule is CC(NC1CC(C)(C)CC1C)c1cccc(OC(F)F)c1. The molecule has 3 unspecified atom stereocenters. The number of rotatable bonds is 5. The molecule has 1 aliphatic rings. The van der Waals surface area contributed by atoms with Crippen LogP contribution in [0, 0.1) is 11.3 Å². The summed E-state index contributed by atoms with van der Waals surface area (Å²) in [5, 5.41) is 3.64. The quantitative estimate of drug-likeness (QED) is 0.845. The summed E-state index contributed by atoms with van der Waals surface area (Å²) in [5.41, 5.74) is 1.35. The fourth-order valence-corrected chi connectivity index (χ4v) is 3.49. The highest BCUT2D eigenvalue weighted by Gasteiger charge is 2.37. The summed E-state index contributed by atoms with van der Waals surface area (Å²) in [6, 6.07) is 7.54. The molecule has 0 spiro atoms. The largest absolute Gasteiger partial charge is 0.435 e. The highest BCUT2D eigenvalue weighted by molar-refractivity contribution is 5.30. The van der Waals surface area contributed by atoms with Crippen molar-refractivity contribution in [3.05, 3.63) is 29.8 Å². The lowest BCUT2D eigenvalue weighted by Crippen LogP contribution is -2.33. The molecule has 0 amide bonds. The molecule has 0 heterocycles. The Hall–Kier alpha value is -1.16. The van der Waals surface area contributed by atoms with E-state index in [1.165, 1.54) is 6.42 Å². The van der Waals surface area contributed by atoms with Gasteiger partial charge in [0.05, 0.1) is 0 Å². The summed E-state index contributed by atoms with van der Waals surface area (Å²) in [6.07, 6.45) is 2.36. The molecule has 118 valence electrons. The van der Waals surface area contributed by atoms with Crippen molar-refractivity contribution in [2.75, 3.05) is 0 Å². The van der Waals surface area contributed by atoms with E-state index in [0.717, 1.165) is 12.0 Å². The van der Waals surface area contributed by atoms with Crippen molar-refractivity contribution in [1.82, 2.24) is 5.32 Å². The molecule has 1 aromatic carbocycles. The van der Waals surface area contributed by atoms with Crippen LogP contribution in [0.3, 0.4) is 0 Å². The van der Waals surface area contributed by atoms with Gasteiger partial charge in [0, 0.05) is 12.1 Å². The summed E-state index contributed by atoms with van der Waals surface area (Å²) in [6.45, 7) is 6.16. The van der Waals surface area contributed by atoms with Crippen molar-refractivity contribution in [2.24, 2.45) is 11.3 Å². The number of hydrogen-bond donors (Lipinski definition) is 1. The number of alkyl halides is 2. The fourth-order valence-electron chi connectivity index (χ4n) is 3.49. The highest BCUT2D eigenvalue weighted by Crippen LogP contribution is 2.41. The van der Waals surface area contributed by atoms with Gasteiger partial charge >= 0.3 is 6.61 Å². The molecule has 1 aromatic rings. The van der Waals surface area contributed by atoms with E-state index in [1.54, 1.807) is 18.2 Å². The molecule has 0 aromatic heterocycles. The Bertz CT molecular complexity index is 476. The third-order valence-corrected chi connectivity index (χ3v) is 4.38. The van der Waals surface area contributed by atoms with Crippen molar-refractivity contribution >= 4 is 0 Å². The van der Waals surface area contributed by atoms with E-state index >= 15 is 0 Å². The van der Waals surface area contributed by atoms with Crippen molar-refractivity contribution in [3.63, 3.8) is 0 Å². The first-order valence-corrected chi connectivity index (χ1v) is 7.58. The molecule has 0 bridgehead atoms. The van der Waals surface area contributed by atoms with Crippen LogP contribution in [-0.4, -0.2) is 12.7 Å². The van der Waals surface area contributed by atoms with Crippen LogP contribution in [-0.2, 0) is 0 Å². The predicted molar refractivity (Wildman–Crippen MR) is 80.6 cm³/mol. The average Bonchev–Trinajstić information content (AvgIpc) is 2.61. The Morgan fingerprint density at radius 3 is 2.57 bits per heavy atom. The van der Waals surface area contributed by atoms with Gasteiger partial charge in [-0.25, -0.2) is 0 Å². The van der Waals surface area contributed by atoms with Crippen molar-refractivity contribution in [1.29, 1.82) is 0 Å². The summed E-state index contributed by atoms with van der Waals surface area (Å²) >= 11 is 0. The van der Waals surface area contributed by atoms with Gasteiger partial charge in [-0.3, -0.25) is 0 Å². The zero-order chi connectivity index (χ0) is 15.6. The normalized spacial score (nSPS) is 26.0. The Morgan fingerprint density at radius 2 is 2.00 bits per heavy atom. The number of benzene rings is 1. The third kappa shape index (κ3) is 4.40. The van der Waals surface area contributed by atoms with Crippen LogP contribution in [0.5, 0.6) is 5.75 Å². The maximum Gasteiger partial charge on any atom is 0.387 e. The van der Waals surface area contributed by atoms with Crippen LogP contribution < -0.4 is 10.1 Å². The van der Waals surface area contributed by atoms with Gasteiger partial charge in [0.1, 0.15) is 5.75 Å². The summed E-state index contributed by atoms with van der Waals surface area (Å²) in [7, 11) is 0. The Balaban J connectivity index is 2.02. The van der Waals surface area contributed by atoms with Gasteiger partial charge in [0.15, 0.2) is 0 Å². The summed E-state index contributed by atoms with van der Waals surface area (Å²) in [4.78, 5) is 0. The first kappa shape index (κ1) is 16.2. The van der Waals surface area contributed by atoms with Gasteiger partial charge in [0.2, 0.25) is 0 Å². The topological polar surface area (TPSA) is 21.3 Å². The zero-order valence-electron chi connectivity index (χ0n) is 13.2. The van der Waals surface area contributed by atoms with E-state index in [-0.39, 0.29) is 11.8 Å². The number of nitrogens with one attached hydrogen (secondary N) is 1. The van der Waals surface area contributed by atoms with Crippen LogP contribution in [0.2, 0.25) is 0 Å². The molecule has 2 nitrogen and oxygen atoms in total. The second-order valence-electron chi connectivity index (χ2n) is 7.00. The van der Waals surface area contributed by atoms with Crippen LogP contribution in [0.4, 0.5) is 8.78 Å². The van der Waals surface area contributed by atoms with Crippen molar-refractivity contribution < 1.29 is 13.5 Å². The lowest BCUT2D eigenvalue weighted by molar-refractivity contribution is -0.0499. The third-order valence-electron chi connectivity index (χ3n) is 4.38. The molecule has 21 heavy (non-hydrogen) atoms. The second kappa shape index (κ2) is 6.30. The summed E-state index contributed by atoms with van der Waals surface area (Å²) < 4.78 is 29.0. The maximum atomic E-state index is 12.3. The molecule has 4 heteroatoms. The molecule has 1 aliphatic carbocycles. The first-order valence-electron chi connectivity index (χ1n) is 7.58. The molecule has 1 fully saturated rings. The van der Waals surface area contributed by atoms with Crippen LogP contribution in [0.25, 0.3) is 0 Å². The monoisotopic (exact) mass is 297 g/mol. The van der Waals surface area contributed by atoms with E-state index in [1.807, 2.05) is 6.07 Å². The molecule has 0 aliphatic heterocycles. The second-order valence-corrected chi connectivity index (χ2v) is 7.00. The molecule has 1 saturated carbocycles. The fraction of sp³-hybridized carbons (Fsp3) is 0.647. The number of ether oxygens (including phenoxy) is 1. The molecule has 1 N–H and O–H groups in total. The molecule has 0 radical (unpaired) electrons. The number of halogens is 2. The minimum absolute atomic E-state index is 0.118. The molecular weight excluding hydrogens is 272 g/mol.